The molecule has 0 unspecified atom stereocenters. The molecule has 7 nitrogen and oxygen atoms in total. The third-order valence-electron chi connectivity index (χ3n) is 3.67. The van der Waals surface area contributed by atoms with Crippen LogP contribution in [0.1, 0.15) is 12.5 Å². The van der Waals surface area contributed by atoms with E-state index in [0.29, 0.717) is 11.7 Å². The van der Waals surface area contributed by atoms with Crippen molar-refractivity contribution in [2.45, 2.75) is 18.6 Å². The van der Waals surface area contributed by atoms with Gasteiger partial charge < -0.3 is 0 Å². The Morgan fingerprint density at radius 3 is 2.79 bits per heavy atom. The van der Waals surface area contributed by atoms with E-state index in [1.807, 2.05) is 41.8 Å². The van der Waals surface area contributed by atoms with Gasteiger partial charge >= 0.3 is 0 Å². The average Bonchev–Trinajstić information content (AvgIpc) is 3.09. The van der Waals surface area contributed by atoms with Gasteiger partial charge in [-0.1, -0.05) is 58.0 Å². The molecule has 0 aliphatic heterocycles. The Hall–Kier alpha value is -2.78. The summed E-state index contributed by atoms with van der Waals surface area (Å²) in [6.45, 7) is 6.50. The number of nitrogens with one attached hydrogen (secondary N) is 1. The molecular weight excluding hydrogens is 452 g/mol. The fourth-order valence-electron chi connectivity index (χ4n) is 2.41. The molecule has 148 valence electrons. The highest BCUT2D eigenvalue weighted by atomic mass is 79.9. The number of allylic oxidation sites excluding steroid dienone is 1. The van der Waals surface area contributed by atoms with Crippen LogP contribution in [0.15, 0.2) is 75.7 Å². The van der Waals surface area contributed by atoms with Gasteiger partial charge in [0, 0.05) is 34.5 Å². The summed E-state index contributed by atoms with van der Waals surface area (Å²) in [5.74, 6) is 0.669. The van der Waals surface area contributed by atoms with Crippen LogP contribution in [0.4, 0.5) is 0 Å². The van der Waals surface area contributed by atoms with Gasteiger partial charge in [0.25, 0.3) is 5.91 Å². The predicted octanol–water partition coefficient (Wildman–Crippen LogP) is 3.92. The number of aromatic nitrogens is 4. The van der Waals surface area contributed by atoms with Gasteiger partial charge in [-0.05, 0) is 25.1 Å². The zero-order valence-electron chi connectivity index (χ0n) is 15.7. The van der Waals surface area contributed by atoms with E-state index in [1.54, 1.807) is 24.7 Å². The number of hydrogen-bond acceptors (Lipinski definition) is 6. The zero-order valence-corrected chi connectivity index (χ0v) is 18.2. The maximum atomic E-state index is 12.1. The molecule has 1 aromatic carbocycles. The van der Waals surface area contributed by atoms with Gasteiger partial charge in [-0.25, -0.2) is 5.43 Å². The van der Waals surface area contributed by atoms with Crippen LogP contribution in [0.25, 0.3) is 11.4 Å². The molecular formula is C20H19BrN6OS. The minimum atomic E-state index is -0.231. The summed E-state index contributed by atoms with van der Waals surface area (Å²) in [6.07, 6.45) is 4.88. The molecule has 2 aromatic heterocycles. The topological polar surface area (TPSA) is 85.1 Å². The second-order valence-electron chi connectivity index (χ2n) is 6.22. The van der Waals surface area contributed by atoms with Gasteiger partial charge in [-0.2, -0.15) is 5.10 Å². The summed E-state index contributed by atoms with van der Waals surface area (Å²) in [5, 5.41) is 13.2. The van der Waals surface area contributed by atoms with Crippen molar-refractivity contribution in [3.05, 3.63) is 71.0 Å². The number of hydrogen-bond donors (Lipinski definition) is 1. The first kappa shape index (κ1) is 20.9. The lowest BCUT2D eigenvalue weighted by Crippen LogP contribution is -2.20. The summed E-state index contributed by atoms with van der Waals surface area (Å²) in [4.78, 5) is 16.1. The van der Waals surface area contributed by atoms with E-state index in [9.17, 15) is 4.79 Å². The van der Waals surface area contributed by atoms with Crippen LogP contribution in [-0.2, 0) is 11.3 Å². The SMILES string of the molecule is C=C(C)Cn1c(SCC(=O)N/N=C/c2cccnc2)nnc1-c1ccc(Br)cc1. The molecule has 0 spiro atoms. The van der Waals surface area contributed by atoms with Crippen LogP contribution < -0.4 is 5.43 Å². The number of pyridine rings is 1. The zero-order chi connectivity index (χ0) is 20.6. The first-order valence-electron chi connectivity index (χ1n) is 8.71. The van der Waals surface area contributed by atoms with E-state index < -0.39 is 0 Å². The van der Waals surface area contributed by atoms with E-state index in [4.69, 9.17) is 0 Å². The van der Waals surface area contributed by atoms with E-state index in [0.717, 1.165) is 27.0 Å². The molecule has 0 saturated carbocycles. The number of thioether (sulfide) groups is 1. The fraction of sp³-hybridized carbons (Fsp3) is 0.150. The second-order valence-corrected chi connectivity index (χ2v) is 8.08. The van der Waals surface area contributed by atoms with Crippen molar-refractivity contribution in [3.63, 3.8) is 0 Å². The number of carbonyl (C=O) groups is 1. The number of rotatable bonds is 8. The Kier molecular flexibility index (Phi) is 7.31. The number of halogens is 1. The van der Waals surface area contributed by atoms with E-state index in [1.165, 1.54) is 11.8 Å². The first-order valence-corrected chi connectivity index (χ1v) is 10.5. The molecule has 3 rings (SSSR count). The van der Waals surface area contributed by atoms with E-state index in [-0.39, 0.29) is 11.7 Å². The maximum absolute atomic E-state index is 12.1. The van der Waals surface area contributed by atoms with Gasteiger partial charge in [-0.15, -0.1) is 10.2 Å². The Balaban J connectivity index is 1.66. The Morgan fingerprint density at radius 1 is 1.31 bits per heavy atom. The standard InChI is InChI=1S/C20H19BrN6OS/c1-14(2)12-27-19(16-5-7-17(21)8-6-16)25-26-20(27)29-13-18(28)24-23-11-15-4-3-9-22-10-15/h3-11H,1,12-13H2,2H3,(H,24,28)/b23-11+. The van der Waals surface area contributed by atoms with Crippen molar-refractivity contribution in [2.24, 2.45) is 5.10 Å². The monoisotopic (exact) mass is 470 g/mol. The third-order valence-corrected chi connectivity index (χ3v) is 5.16. The lowest BCUT2D eigenvalue weighted by atomic mass is 10.2. The molecule has 0 aliphatic rings. The first-order chi connectivity index (χ1) is 14.0. The van der Waals surface area contributed by atoms with Crippen molar-refractivity contribution >= 4 is 39.8 Å². The normalized spacial score (nSPS) is 11.0. The average molecular weight is 471 g/mol. The van der Waals surface area contributed by atoms with Crippen molar-refractivity contribution in [1.82, 2.24) is 25.2 Å². The Bertz CT molecular complexity index is 1020. The van der Waals surface area contributed by atoms with Crippen LogP contribution in [-0.4, -0.2) is 37.6 Å². The summed E-state index contributed by atoms with van der Waals surface area (Å²) in [5.41, 5.74) is 5.23. The molecule has 1 N–H and O–H groups in total. The second kappa shape index (κ2) is 10.1. The molecule has 3 aromatic rings. The van der Waals surface area contributed by atoms with Crippen molar-refractivity contribution in [3.8, 4) is 11.4 Å². The van der Waals surface area contributed by atoms with Gasteiger partial charge in [0.15, 0.2) is 11.0 Å². The molecule has 0 aliphatic carbocycles. The van der Waals surface area contributed by atoms with Crippen LogP contribution in [0.2, 0.25) is 0 Å². The molecule has 0 radical (unpaired) electrons. The lowest BCUT2D eigenvalue weighted by Gasteiger charge is -2.10. The third kappa shape index (κ3) is 6.10. The molecule has 29 heavy (non-hydrogen) atoms. The summed E-state index contributed by atoms with van der Waals surface area (Å²) >= 11 is 4.74. The summed E-state index contributed by atoms with van der Waals surface area (Å²) < 4.78 is 2.95. The predicted molar refractivity (Wildman–Crippen MR) is 119 cm³/mol. The maximum Gasteiger partial charge on any atom is 0.250 e. The van der Waals surface area contributed by atoms with Crippen LogP contribution >= 0.6 is 27.7 Å². The minimum Gasteiger partial charge on any atom is -0.298 e. The summed E-state index contributed by atoms with van der Waals surface area (Å²) in [6, 6.07) is 11.5. The van der Waals surface area contributed by atoms with E-state index >= 15 is 0 Å². The molecule has 2 heterocycles. The Morgan fingerprint density at radius 2 is 2.10 bits per heavy atom. The fourth-order valence-corrected chi connectivity index (χ4v) is 3.41. The van der Waals surface area contributed by atoms with Gasteiger partial charge in [-0.3, -0.25) is 14.3 Å². The quantitative estimate of drug-likeness (QED) is 0.233. The number of nitrogens with zero attached hydrogens (tertiary/aromatic N) is 5. The van der Waals surface area contributed by atoms with Crippen molar-refractivity contribution in [2.75, 3.05) is 5.75 Å². The van der Waals surface area contributed by atoms with Gasteiger partial charge in [0.05, 0.1) is 12.0 Å². The number of hydrazone groups is 1. The van der Waals surface area contributed by atoms with Crippen LogP contribution in [0.5, 0.6) is 0 Å². The molecule has 0 atom stereocenters. The Labute approximate surface area is 181 Å². The van der Waals surface area contributed by atoms with Crippen molar-refractivity contribution < 1.29 is 4.79 Å². The smallest absolute Gasteiger partial charge is 0.250 e. The van der Waals surface area contributed by atoms with E-state index in [2.05, 4.69) is 48.2 Å². The molecule has 1 amide bonds. The highest BCUT2D eigenvalue weighted by Gasteiger charge is 2.15. The number of carbonyl (C=O) groups excluding carboxylic acids is 1. The summed E-state index contributed by atoms with van der Waals surface area (Å²) in [7, 11) is 0. The molecule has 9 heteroatoms. The number of amides is 1. The minimum absolute atomic E-state index is 0.166. The van der Waals surface area contributed by atoms with Crippen LogP contribution in [0.3, 0.4) is 0 Å². The number of benzene rings is 1. The van der Waals surface area contributed by atoms with Gasteiger partial charge in [0.2, 0.25) is 0 Å². The highest BCUT2D eigenvalue weighted by molar-refractivity contribution is 9.10. The van der Waals surface area contributed by atoms with Gasteiger partial charge in [0.1, 0.15) is 0 Å². The lowest BCUT2D eigenvalue weighted by molar-refractivity contribution is -0.118. The highest BCUT2D eigenvalue weighted by Crippen LogP contribution is 2.26. The molecule has 0 bridgehead atoms. The molecule has 0 fully saturated rings. The van der Waals surface area contributed by atoms with Crippen LogP contribution in [0, 0.1) is 0 Å². The van der Waals surface area contributed by atoms with Crippen molar-refractivity contribution in [1.29, 1.82) is 0 Å². The largest absolute Gasteiger partial charge is 0.298 e. The molecule has 0 saturated heterocycles.